The minimum atomic E-state index is -0.0753. The van der Waals surface area contributed by atoms with Gasteiger partial charge in [-0.15, -0.1) is 11.3 Å². The molecular formula is C26H27N3OS2. The van der Waals surface area contributed by atoms with E-state index in [0.717, 1.165) is 23.0 Å². The number of pyridine rings is 1. The van der Waals surface area contributed by atoms with Gasteiger partial charge in [0.15, 0.2) is 5.11 Å². The first-order valence-electron chi connectivity index (χ1n) is 10.7. The van der Waals surface area contributed by atoms with E-state index in [1.807, 2.05) is 36.4 Å². The van der Waals surface area contributed by atoms with E-state index in [4.69, 9.17) is 12.2 Å². The topological polar surface area (TPSA) is 48.1 Å². The summed E-state index contributed by atoms with van der Waals surface area (Å²) in [7, 11) is 0. The van der Waals surface area contributed by atoms with Crippen LogP contribution >= 0.6 is 23.6 Å². The maximum Gasteiger partial charge on any atom is 0.253 e. The Morgan fingerprint density at radius 3 is 2.56 bits per heavy atom. The first-order chi connectivity index (χ1) is 15.4. The molecule has 0 saturated carbocycles. The highest BCUT2D eigenvalue weighted by Crippen LogP contribution is 2.21. The van der Waals surface area contributed by atoms with Crippen molar-refractivity contribution in [2.24, 2.45) is 0 Å². The number of thiophene rings is 1. The van der Waals surface area contributed by atoms with Crippen molar-refractivity contribution in [1.82, 2.24) is 9.88 Å². The number of hydrogen-bond acceptors (Lipinski definition) is 3. The number of H-pyrrole nitrogens is 1. The fourth-order valence-electron chi connectivity index (χ4n) is 3.78. The highest BCUT2D eigenvalue weighted by molar-refractivity contribution is 7.80. The van der Waals surface area contributed by atoms with Crippen LogP contribution in [0.5, 0.6) is 0 Å². The van der Waals surface area contributed by atoms with Gasteiger partial charge in [-0.2, -0.15) is 0 Å². The number of fused-ring (bicyclic) bond motifs is 1. The van der Waals surface area contributed by atoms with E-state index >= 15 is 0 Å². The van der Waals surface area contributed by atoms with E-state index in [1.165, 1.54) is 21.6 Å². The number of aryl methyl sites for hydroxylation is 3. The quantitative estimate of drug-likeness (QED) is 0.337. The smallest absolute Gasteiger partial charge is 0.253 e. The Balaban J connectivity index is 1.66. The Kier molecular flexibility index (Phi) is 6.72. The molecule has 32 heavy (non-hydrogen) atoms. The maximum absolute atomic E-state index is 12.9. The Labute approximate surface area is 197 Å². The Bertz CT molecular complexity index is 1310. The second-order valence-corrected chi connectivity index (χ2v) is 9.44. The van der Waals surface area contributed by atoms with Gasteiger partial charge in [-0.05, 0) is 90.3 Å². The lowest BCUT2D eigenvalue weighted by Gasteiger charge is -2.26. The summed E-state index contributed by atoms with van der Waals surface area (Å²) >= 11 is 7.51. The van der Waals surface area contributed by atoms with Gasteiger partial charge in [-0.1, -0.05) is 31.2 Å². The monoisotopic (exact) mass is 461 g/mol. The third-order valence-corrected chi connectivity index (χ3v) is 6.97. The minimum Gasteiger partial charge on any atom is -0.339 e. The van der Waals surface area contributed by atoms with Crippen LogP contribution in [-0.4, -0.2) is 15.0 Å². The number of hydrogen-bond donors (Lipinski definition) is 2. The SMILES string of the molecule is CCc1ccccc1NC(=S)N(Cc1cccs1)Cc1cc2cc(C)c(C)cc2[nH]c1=O. The lowest BCUT2D eigenvalue weighted by atomic mass is 10.0. The number of para-hydroxylation sites is 1. The molecule has 2 aromatic carbocycles. The summed E-state index contributed by atoms with van der Waals surface area (Å²) in [4.78, 5) is 19.2. The Hall–Kier alpha value is -2.96. The van der Waals surface area contributed by atoms with Gasteiger partial charge in [0.1, 0.15) is 0 Å². The van der Waals surface area contributed by atoms with E-state index in [1.54, 1.807) is 11.3 Å². The Morgan fingerprint density at radius 2 is 1.81 bits per heavy atom. The number of aromatic nitrogens is 1. The van der Waals surface area contributed by atoms with Crippen molar-refractivity contribution >= 4 is 45.3 Å². The predicted molar refractivity (Wildman–Crippen MR) is 140 cm³/mol. The molecule has 0 fully saturated rings. The van der Waals surface area contributed by atoms with Crippen LogP contribution in [0.3, 0.4) is 0 Å². The number of anilines is 1. The summed E-state index contributed by atoms with van der Waals surface area (Å²) in [5.74, 6) is 0. The van der Waals surface area contributed by atoms with Crippen LogP contribution in [0.1, 0.15) is 34.1 Å². The summed E-state index contributed by atoms with van der Waals surface area (Å²) in [6.07, 6.45) is 0.916. The molecule has 0 bridgehead atoms. The molecule has 2 heterocycles. The lowest BCUT2D eigenvalue weighted by molar-refractivity contribution is 0.415. The molecule has 4 rings (SSSR count). The zero-order chi connectivity index (χ0) is 22.7. The van der Waals surface area contributed by atoms with Crippen molar-refractivity contribution in [3.05, 3.63) is 97.5 Å². The van der Waals surface area contributed by atoms with Crippen molar-refractivity contribution in [1.29, 1.82) is 0 Å². The fourth-order valence-corrected chi connectivity index (χ4v) is 4.74. The zero-order valence-electron chi connectivity index (χ0n) is 18.6. The molecule has 0 saturated heterocycles. The second-order valence-electron chi connectivity index (χ2n) is 8.02. The predicted octanol–water partition coefficient (Wildman–Crippen LogP) is 6.17. The van der Waals surface area contributed by atoms with Crippen LogP contribution in [0.4, 0.5) is 5.69 Å². The van der Waals surface area contributed by atoms with E-state index in [-0.39, 0.29) is 5.56 Å². The van der Waals surface area contributed by atoms with Crippen molar-refractivity contribution < 1.29 is 0 Å². The molecule has 0 amide bonds. The first kappa shape index (κ1) is 22.2. The van der Waals surface area contributed by atoms with Crippen molar-refractivity contribution in [3.8, 4) is 0 Å². The first-order valence-corrected chi connectivity index (χ1v) is 12.0. The molecule has 0 aliphatic carbocycles. The average Bonchev–Trinajstić information content (AvgIpc) is 3.29. The van der Waals surface area contributed by atoms with Gasteiger partial charge in [0.05, 0.1) is 13.1 Å². The highest BCUT2D eigenvalue weighted by Gasteiger charge is 2.16. The number of thiocarbonyl (C=S) groups is 1. The van der Waals surface area contributed by atoms with Crippen molar-refractivity contribution in [3.63, 3.8) is 0 Å². The van der Waals surface area contributed by atoms with Crippen LogP contribution < -0.4 is 10.9 Å². The molecular weight excluding hydrogens is 434 g/mol. The van der Waals surface area contributed by atoms with Gasteiger partial charge >= 0.3 is 0 Å². The number of rotatable bonds is 6. The van der Waals surface area contributed by atoms with Crippen LogP contribution in [0.15, 0.2) is 64.8 Å². The number of nitrogens with one attached hydrogen (secondary N) is 2. The highest BCUT2D eigenvalue weighted by atomic mass is 32.1. The molecule has 164 valence electrons. The van der Waals surface area contributed by atoms with Crippen LogP contribution in [0, 0.1) is 13.8 Å². The summed E-state index contributed by atoms with van der Waals surface area (Å²) in [5, 5.41) is 7.12. The number of nitrogens with zero attached hydrogens (tertiary/aromatic N) is 1. The molecule has 0 unspecified atom stereocenters. The molecule has 0 spiro atoms. The van der Waals surface area contributed by atoms with E-state index in [0.29, 0.717) is 23.8 Å². The maximum atomic E-state index is 12.9. The fraction of sp³-hybridized carbons (Fsp3) is 0.231. The number of aromatic amines is 1. The van der Waals surface area contributed by atoms with Crippen LogP contribution in [-0.2, 0) is 19.5 Å². The molecule has 2 aromatic heterocycles. The normalized spacial score (nSPS) is 11.0. The lowest BCUT2D eigenvalue weighted by Crippen LogP contribution is -2.35. The standard InChI is InChI=1S/C26H27N3OS2/c1-4-19-8-5-6-10-23(19)28-26(31)29(16-22-9-7-11-32-22)15-21-14-20-12-17(2)18(3)13-24(20)27-25(21)30/h5-14H,4,15-16H2,1-3H3,(H,27,30)(H,28,31). The summed E-state index contributed by atoms with van der Waals surface area (Å²) in [6, 6.07) is 18.5. The van der Waals surface area contributed by atoms with Gasteiger partial charge < -0.3 is 15.2 Å². The summed E-state index contributed by atoms with van der Waals surface area (Å²) < 4.78 is 0. The van der Waals surface area contributed by atoms with E-state index in [2.05, 4.69) is 59.6 Å². The number of benzene rings is 2. The molecule has 6 heteroatoms. The van der Waals surface area contributed by atoms with Crippen molar-refractivity contribution in [2.45, 2.75) is 40.3 Å². The Morgan fingerprint density at radius 1 is 1.03 bits per heavy atom. The second kappa shape index (κ2) is 9.67. The largest absolute Gasteiger partial charge is 0.339 e. The van der Waals surface area contributed by atoms with Gasteiger partial charge in [0.25, 0.3) is 5.56 Å². The van der Waals surface area contributed by atoms with Gasteiger partial charge in [0.2, 0.25) is 0 Å². The average molecular weight is 462 g/mol. The third kappa shape index (κ3) is 4.92. The molecule has 2 N–H and O–H groups in total. The molecule has 0 aliphatic heterocycles. The van der Waals surface area contributed by atoms with Crippen molar-refractivity contribution in [2.75, 3.05) is 5.32 Å². The zero-order valence-corrected chi connectivity index (χ0v) is 20.2. The molecule has 0 atom stereocenters. The molecule has 0 radical (unpaired) electrons. The van der Waals surface area contributed by atoms with Gasteiger partial charge in [-0.25, -0.2) is 0 Å². The summed E-state index contributed by atoms with van der Waals surface area (Å²) in [6.45, 7) is 7.35. The molecule has 4 nitrogen and oxygen atoms in total. The third-order valence-electron chi connectivity index (χ3n) is 5.75. The van der Waals surface area contributed by atoms with Gasteiger partial charge in [0, 0.05) is 21.6 Å². The van der Waals surface area contributed by atoms with Crippen LogP contribution in [0.25, 0.3) is 10.9 Å². The van der Waals surface area contributed by atoms with E-state index in [9.17, 15) is 4.79 Å². The molecule has 4 aromatic rings. The van der Waals surface area contributed by atoms with Crippen LogP contribution in [0.2, 0.25) is 0 Å². The van der Waals surface area contributed by atoms with Gasteiger partial charge in [-0.3, -0.25) is 4.79 Å². The van der Waals surface area contributed by atoms with E-state index < -0.39 is 0 Å². The minimum absolute atomic E-state index is 0.0753. The summed E-state index contributed by atoms with van der Waals surface area (Å²) in [5.41, 5.74) is 6.08. The molecule has 0 aliphatic rings.